The van der Waals surface area contributed by atoms with Crippen LogP contribution in [0.3, 0.4) is 0 Å². The topological polar surface area (TPSA) is 6.48 Å². The van der Waals surface area contributed by atoms with Crippen LogP contribution in [0, 0.1) is 6.92 Å². The molecule has 3 aliphatic carbocycles. The van der Waals surface area contributed by atoms with Gasteiger partial charge in [0, 0.05) is 39.1 Å². The fourth-order valence-electron chi connectivity index (χ4n) is 14.2. The highest BCUT2D eigenvalue weighted by molar-refractivity contribution is 6.93. The molecule has 338 valence electrons. The lowest BCUT2D eigenvalue weighted by Gasteiger charge is -2.53. The minimum atomic E-state index is -0.143. The number of anilines is 4. The summed E-state index contributed by atoms with van der Waals surface area (Å²) in [6, 6.07) is 28.6. The Bertz CT molecular complexity index is 2920. The first-order valence-corrected chi connectivity index (χ1v) is 25.5. The van der Waals surface area contributed by atoms with Gasteiger partial charge in [0.1, 0.15) is 0 Å². The van der Waals surface area contributed by atoms with E-state index in [1.165, 1.54) is 128 Å². The Balaban J connectivity index is 1.32. The third-order valence-electron chi connectivity index (χ3n) is 18.8. The summed E-state index contributed by atoms with van der Waals surface area (Å²) in [5.41, 5.74) is 27.8. The summed E-state index contributed by atoms with van der Waals surface area (Å²) in [5.74, 6) is 0. The van der Waals surface area contributed by atoms with E-state index < -0.39 is 0 Å². The van der Waals surface area contributed by atoms with Crippen LogP contribution in [0.1, 0.15) is 206 Å². The van der Waals surface area contributed by atoms with Crippen LogP contribution in [0.2, 0.25) is 0 Å². The van der Waals surface area contributed by atoms with Crippen LogP contribution >= 0.6 is 0 Å². The number of nitrogens with zero attached hydrogens (tertiary/aromatic N) is 2. The van der Waals surface area contributed by atoms with E-state index in [4.69, 9.17) is 0 Å². The number of hydrogen-bond donors (Lipinski definition) is 0. The second-order valence-electron chi connectivity index (χ2n) is 27.3. The lowest BCUT2D eigenvalue weighted by molar-refractivity contribution is 0.195. The van der Waals surface area contributed by atoms with E-state index in [0.29, 0.717) is 0 Å². The molecule has 5 aromatic carbocycles. The molecule has 3 heterocycles. The maximum Gasteiger partial charge on any atom is 0.333 e. The highest BCUT2D eigenvalue weighted by atomic mass is 15.3. The van der Waals surface area contributed by atoms with E-state index in [1.54, 1.807) is 16.7 Å². The van der Waals surface area contributed by atoms with Crippen molar-refractivity contribution in [3.8, 4) is 22.3 Å². The highest BCUT2D eigenvalue weighted by Crippen LogP contribution is 2.65. The Labute approximate surface area is 394 Å². The smallest absolute Gasteiger partial charge is 0.333 e. The molecule has 6 aliphatic rings. The lowest BCUT2D eigenvalue weighted by Crippen LogP contribution is -2.65. The molecular formula is C62H77BN2. The molecule has 0 N–H and O–H groups in total. The van der Waals surface area contributed by atoms with Crippen LogP contribution < -0.4 is 20.6 Å². The standard InChI is InChI=1S/C62H77BN2/c1-36-29-37(55(2,3)4)21-23-48(36)65-49-24-22-42-51(40-34-44-45(35-43(40)60(42,15)16)59(13,14)28-27-58(44,11)12)52(49)41-30-38(56(5,6)7)33-50-53(41)63(65)47-32-39(57(8,9)10)31-46-54(47)64(50)62(18)26-20-19-25-61(46,62)17/h21-24,29-35H,19-20,25-28H2,1-18H3. The van der Waals surface area contributed by atoms with Gasteiger partial charge >= 0.3 is 6.85 Å². The largest absolute Gasteiger partial charge is 0.376 e. The lowest BCUT2D eigenvalue weighted by atomic mass is 9.42. The van der Waals surface area contributed by atoms with Gasteiger partial charge in [-0.15, -0.1) is 0 Å². The predicted molar refractivity (Wildman–Crippen MR) is 282 cm³/mol. The summed E-state index contributed by atoms with van der Waals surface area (Å²) in [7, 11) is 0. The van der Waals surface area contributed by atoms with Crippen LogP contribution in [-0.2, 0) is 37.9 Å². The molecule has 3 aliphatic heterocycles. The normalized spacial score (nSPS) is 23.9. The van der Waals surface area contributed by atoms with Crippen LogP contribution in [-0.4, -0.2) is 12.4 Å². The summed E-state index contributed by atoms with van der Waals surface area (Å²) in [6.07, 6.45) is 7.41. The first-order valence-electron chi connectivity index (χ1n) is 25.5. The van der Waals surface area contributed by atoms with Gasteiger partial charge in [-0.1, -0.05) is 166 Å². The molecule has 1 fully saturated rings. The van der Waals surface area contributed by atoms with Gasteiger partial charge in [0.15, 0.2) is 0 Å². The average Bonchev–Trinajstić information content (AvgIpc) is 3.57. The molecule has 0 aromatic heterocycles. The number of hydrogen-bond acceptors (Lipinski definition) is 2. The van der Waals surface area contributed by atoms with Gasteiger partial charge in [0.2, 0.25) is 0 Å². The number of rotatable bonds is 1. The van der Waals surface area contributed by atoms with Crippen molar-refractivity contribution >= 4 is 40.5 Å². The zero-order valence-electron chi connectivity index (χ0n) is 43.6. The van der Waals surface area contributed by atoms with E-state index in [9.17, 15) is 0 Å². The highest BCUT2D eigenvalue weighted by Gasteiger charge is 2.62. The monoisotopic (exact) mass is 861 g/mol. The Hall–Kier alpha value is -4.24. The second-order valence-corrected chi connectivity index (χ2v) is 27.3. The van der Waals surface area contributed by atoms with Crippen molar-refractivity contribution in [2.24, 2.45) is 0 Å². The third kappa shape index (κ3) is 5.60. The van der Waals surface area contributed by atoms with Gasteiger partial charge in [0.05, 0.1) is 5.54 Å². The molecule has 0 radical (unpaired) electrons. The van der Waals surface area contributed by atoms with Crippen LogP contribution in [0.4, 0.5) is 22.7 Å². The Kier molecular flexibility index (Phi) is 8.56. The van der Waals surface area contributed by atoms with Crippen molar-refractivity contribution in [1.82, 2.24) is 0 Å². The van der Waals surface area contributed by atoms with Crippen molar-refractivity contribution in [3.63, 3.8) is 0 Å². The van der Waals surface area contributed by atoms with Gasteiger partial charge in [-0.05, 0) is 169 Å². The summed E-state index contributed by atoms with van der Waals surface area (Å²) >= 11 is 0. The van der Waals surface area contributed by atoms with Crippen molar-refractivity contribution < 1.29 is 0 Å². The molecule has 65 heavy (non-hydrogen) atoms. The van der Waals surface area contributed by atoms with Crippen molar-refractivity contribution in [3.05, 3.63) is 117 Å². The van der Waals surface area contributed by atoms with Crippen molar-refractivity contribution in [1.29, 1.82) is 0 Å². The quantitative estimate of drug-likeness (QED) is 0.155. The van der Waals surface area contributed by atoms with Gasteiger partial charge in [-0.25, -0.2) is 0 Å². The predicted octanol–water partition coefficient (Wildman–Crippen LogP) is 15.5. The van der Waals surface area contributed by atoms with E-state index in [0.717, 1.165) is 0 Å². The molecule has 2 atom stereocenters. The summed E-state index contributed by atoms with van der Waals surface area (Å²) in [6.45, 7) is 44.4. The zero-order chi connectivity index (χ0) is 46.7. The minimum Gasteiger partial charge on any atom is -0.376 e. The molecule has 0 saturated heterocycles. The molecule has 0 spiro atoms. The van der Waals surface area contributed by atoms with Gasteiger partial charge in [-0.3, -0.25) is 0 Å². The number of fused-ring (bicyclic) bond motifs is 12. The number of aryl methyl sites for hydroxylation is 1. The Morgan fingerprint density at radius 3 is 1.72 bits per heavy atom. The summed E-state index contributed by atoms with van der Waals surface area (Å²) in [4.78, 5) is 5.80. The second kappa shape index (κ2) is 12.8. The Morgan fingerprint density at radius 2 is 1.09 bits per heavy atom. The van der Waals surface area contributed by atoms with Gasteiger partial charge < -0.3 is 9.71 Å². The SMILES string of the molecule is Cc1cc(C(C)(C)C)ccc1N1B2c3cc(C(C)(C)C)cc4c3N(c3cc(C(C)(C)C)cc(c32)-c2c1ccc1c2-c2cc3c(cc2C1(C)C)C(C)(C)CCC3(C)C)C1(C)CCCCC41C. The van der Waals surface area contributed by atoms with Crippen LogP contribution in [0.15, 0.2) is 66.7 Å². The molecule has 2 nitrogen and oxygen atoms in total. The molecule has 1 saturated carbocycles. The first kappa shape index (κ1) is 43.3. The fraction of sp³-hybridized carbons (Fsp3) is 0.516. The van der Waals surface area contributed by atoms with Crippen molar-refractivity contribution in [2.45, 2.75) is 207 Å². The summed E-state index contributed by atoms with van der Waals surface area (Å²) in [5, 5.41) is 0. The molecule has 3 heteroatoms. The number of benzene rings is 5. The van der Waals surface area contributed by atoms with Gasteiger partial charge in [0.25, 0.3) is 0 Å². The van der Waals surface area contributed by atoms with E-state index >= 15 is 0 Å². The van der Waals surface area contributed by atoms with Gasteiger partial charge in [-0.2, -0.15) is 0 Å². The van der Waals surface area contributed by atoms with Crippen LogP contribution in [0.25, 0.3) is 22.3 Å². The van der Waals surface area contributed by atoms with Crippen LogP contribution in [0.5, 0.6) is 0 Å². The molecule has 2 unspecified atom stereocenters. The first-order chi connectivity index (χ1) is 30.0. The Morgan fingerprint density at radius 1 is 0.492 bits per heavy atom. The van der Waals surface area contributed by atoms with E-state index in [2.05, 4.69) is 201 Å². The van der Waals surface area contributed by atoms with Crippen molar-refractivity contribution in [2.75, 3.05) is 9.71 Å². The molecular weight excluding hydrogens is 784 g/mol. The molecule has 0 amide bonds. The van der Waals surface area contributed by atoms with E-state index in [-0.39, 0.29) is 50.3 Å². The third-order valence-corrected chi connectivity index (χ3v) is 18.8. The molecule has 5 aromatic rings. The van der Waals surface area contributed by atoms with E-state index in [1.807, 2.05) is 0 Å². The maximum absolute atomic E-state index is 2.95. The zero-order valence-corrected chi connectivity index (χ0v) is 43.6. The maximum atomic E-state index is 2.95. The average molecular weight is 861 g/mol. The summed E-state index contributed by atoms with van der Waals surface area (Å²) < 4.78 is 0. The fourth-order valence-corrected chi connectivity index (χ4v) is 14.2. The molecule has 11 rings (SSSR count). The molecule has 0 bridgehead atoms. The minimum absolute atomic E-state index is 0.00114.